The van der Waals surface area contributed by atoms with Crippen molar-refractivity contribution >= 4 is 0 Å². The molecule has 100 valence electrons. The van der Waals surface area contributed by atoms with Gasteiger partial charge in [-0.3, -0.25) is 4.98 Å². The molecule has 0 aliphatic carbocycles. The lowest BCUT2D eigenvalue weighted by Gasteiger charge is -2.18. The molecule has 0 bridgehead atoms. The number of nitrogens with zero attached hydrogens (tertiary/aromatic N) is 3. The van der Waals surface area contributed by atoms with Gasteiger partial charge in [-0.1, -0.05) is 13.0 Å². The molecule has 2 aromatic heterocycles. The van der Waals surface area contributed by atoms with E-state index in [1.807, 2.05) is 24.4 Å². The highest BCUT2D eigenvalue weighted by atomic mass is 16.5. The Morgan fingerprint density at radius 1 is 1.37 bits per heavy atom. The van der Waals surface area contributed by atoms with Crippen molar-refractivity contribution in [1.29, 1.82) is 0 Å². The third kappa shape index (κ3) is 3.48. The molecule has 0 saturated carbocycles. The fourth-order valence-electron chi connectivity index (χ4n) is 1.85. The summed E-state index contributed by atoms with van der Waals surface area (Å²) in [5, 5.41) is 3.47. The van der Waals surface area contributed by atoms with Crippen molar-refractivity contribution in [3.8, 4) is 5.88 Å². The minimum Gasteiger partial charge on any atom is -0.481 e. The summed E-state index contributed by atoms with van der Waals surface area (Å²) in [5.74, 6) is 0.567. The van der Waals surface area contributed by atoms with Crippen LogP contribution in [0.2, 0.25) is 0 Å². The number of pyridine rings is 1. The third-order valence-corrected chi connectivity index (χ3v) is 2.78. The van der Waals surface area contributed by atoms with Gasteiger partial charge >= 0.3 is 0 Å². The molecule has 5 heteroatoms. The Hall–Kier alpha value is -2.01. The van der Waals surface area contributed by atoms with Gasteiger partial charge in [0.2, 0.25) is 5.88 Å². The number of methoxy groups -OCH3 is 1. The van der Waals surface area contributed by atoms with Gasteiger partial charge in [-0.2, -0.15) is 0 Å². The van der Waals surface area contributed by atoms with Gasteiger partial charge in [-0.25, -0.2) is 9.97 Å². The first kappa shape index (κ1) is 13.4. The van der Waals surface area contributed by atoms with Gasteiger partial charge in [0.1, 0.15) is 6.33 Å². The Labute approximate surface area is 113 Å². The predicted octanol–water partition coefficient (Wildman–Crippen LogP) is 1.97. The standard InChI is InChI=1S/C14H18N4O/c1-3-6-16-14(11-5-4-7-15-9-11)12-8-13(19-2)18-10-17-12/h4-5,7-10,14,16H,3,6H2,1-2H3. The highest BCUT2D eigenvalue weighted by Gasteiger charge is 2.15. The van der Waals surface area contributed by atoms with Crippen LogP contribution in [0.15, 0.2) is 36.9 Å². The van der Waals surface area contributed by atoms with Crippen LogP contribution in [0.25, 0.3) is 0 Å². The molecule has 5 nitrogen and oxygen atoms in total. The highest BCUT2D eigenvalue weighted by Crippen LogP contribution is 2.21. The first-order valence-electron chi connectivity index (χ1n) is 6.34. The quantitative estimate of drug-likeness (QED) is 0.858. The number of aromatic nitrogens is 3. The lowest BCUT2D eigenvalue weighted by molar-refractivity contribution is 0.394. The summed E-state index contributed by atoms with van der Waals surface area (Å²) < 4.78 is 5.15. The third-order valence-electron chi connectivity index (χ3n) is 2.78. The normalized spacial score (nSPS) is 12.1. The van der Waals surface area contributed by atoms with Crippen LogP contribution in [0.5, 0.6) is 5.88 Å². The number of hydrogen-bond acceptors (Lipinski definition) is 5. The van der Waals surface area contributed by atoms with E-state index in [4.69, 9.17) is 4.74 Å². The average molecular weight is 258 g/mol. The van der Waals surface area contributed by atoms with Crippen LogP contribution in [0.4, 0.5) is 0 Å². The summed E-state index contributed by atoms with van der Waals surface area (Å²) in [4.78, 5) is 12.5. The van der Waals surface area contributed by atoms with Crippen LogP contribution < -0.4 is 10.1 Å². The summed E-state index contributed by atoms with van der Waals surface area (Å²) in [5.41, 5.74) is 1.96. The van der Waals surface area contributed by atoms with Gasteiger partial charge in [-0.05, 0) is 24.6 Å². The SMILES string of the molecule is CCCNC(c1cccnc1)c1cc(OC)ncn1. The fourth-order valence-corrected chi connectivity index (χ4v) is 1.85. The highest BCUT2D eigenvalue weighted by molar-refractivity contribution is 5.27. The topological polar surface area (TPSA) is 59.9 Å². The molecule has 0 amide bonds. The van der Waals surface area contributed by atoms with E-state index in [0.29, 0.717) is 5.88 Å². The van der Waals surface area contributed by atoms with Gasteiger partial charge in [0, 0.05) is 18.5 Å². The van der Waals surface area contributed by atoms with Gasteiger partial charge in [0.05, 0.1) is 18.8 Å². The van der Waals surface area contributed by atoms with Crippen molar-refractivity contribution < 1.29 is 4.74 Å². The Morgan fingerprint density at radius 3 is 2.95 bits per heavy atom. The Bertz CT molecular complexity index is 504. The number of ether oxygens (including phenoxy) is 1. The van der Waals surface area contributed by atoms with E-state index < -0.39 is 0 Å². The summed E-state index contributed by atoms with van der Waals surface area (Å²) in [7, 11) is 1.60. The minimum atomic E-state index is 0.00514. The van der Waals surface area contributed by atoms with E-state index in [0.717, 1.165) is 24.2 Å². The molecule has 1 N–H and O–H groups in total. The molecule has 0 aliphatic rings. The van der Waals surface area contributed by atoms with Gasteiger partial charge in [0.15, 0.2) is 0 Å². The predicted molar refractivity (Wildman–Crippen MR) is 73.0 cm³/mol. The van der Waals surface area contributed by atoms with Crippen LogP contribution in [0.1, 0.15) is 30.6 Å². The molecule has 0 aliphatic heterocycles. The summed E-state index contributed by atoms with van der Waals surface area (Å²) in [6.07, 6.45) is 6.19. The van der Waals surface area contributed by atoms with Gasteiger partial charge < -0.3 is 10.1 Å². The van der Waals surface area contributed by atoms with Crippen molar-refractivity contribution in [2.45, 2.75) is 19.4 Å². The van der Waals surface area contributed by atoms with Crippen LogP contribution in [-0.4, -0.2) is 28.6 Å². The fraction of sp³-hybridized carbons (Fsp3) is 0.357. The van der Waals surface area contributed by atoms with Crippen molar-refractivity contribution in [1.82, 2.24) is 20.3 Å². The van der Waals surface area contributed by atoms with Crippen LogP contribution in [0, 0.1) is 0 Å². The maximum absolute atomic E-state index is 5.15. The van der Waals surface area contributed by atoms with Gasteiger partial charge in [0.25, 0.3) is 0 Å². The number of nitrogens with one attached hydrogen (secondary N) is 1. The second kappa shape index (κ2) is 6.80. The molecule has 2 aromatic rings. The summed E-state index contributed by atoms with van der Waals surface area (Å²) in [6, 6.07) is 5.81. The first-order chi connectivity index (χ1) is 9.35. The molecule has 0 radical (unpaired) electrons. The zero-order chi connectivity index (χ0) is 13.5. The molecule has 0 fully saturated rings. The van der Waals surface area contributed by atoms with Crippen LogP contribution >= 0.6 is 0 Å². The Kier molecular flexibility index (Phi) is 4.80. The van der Waals surface area contributed by atoms with E-state index in [1.165, 1.54) is 6.33 Å². The van der Waals surface area contributed by atoms with E-state index in [2.05, 4.69) is 27.2 Å². The maximum atomic E-state index is 5.15. The van der Waals surface area contributed by atoms with Crippen molar-refractivity contribution in [2.75, 3.05) is 13.7 Å². The molecule has 1 atom stereocenters. The van der Waals surface area contributed by atoms with Crippen LogP contribution in [-0.2, 0) is 0 Å². The smallest absolute Gasteiger partial charge is 0.216 e. The van der Waals surface area contributed by atoms with Crippen LogP contribution in [0.3, 0.4) is 0 Å². The van der Waals surface area contributed by atoms with Crippen molar-refractivity contribution in [2.24, 2.45) is 0 Å². The molecule has 0 spiro atoms. The minimum absolute atomic E-state index is 0.00514. The van der Waals surface area contributed by atoms with E-state index in [-0.39, 0.29) is 6.04 Å². The largest absolute Gasteiger partial charge is 0.481 e. The molecule has 2 rings (SSSR count). The summed E-state index contributed by atoms with van der Waals surface area (Å²) >= 11 is 0. The molecule has 0 aromatic carbocycles. The monoisotopic (exact) mass is 258 g/mol. The Morgan fingerprint density at radius 2 is 2.26 bits per heavy atom. The molecular weight excluding hydrogens is 240 g/mol. The maximum Gasteiger partial charge on any atom is 0.216 e. The zero-order valence-electron chi connectivity index (χ0n) is 11.2. The molecule has 1 unspecified atom stereocenters. The molecule has 19 heavy (non-hydrogen) atoms. The zero-order valence-corrected chi connectivity index (χ0v) is 11.2. The van der Waals surface area contributed by atoms with Crippen molar-refractivity contribution in [3.05, 3.63) is 48.2 Å². The van der Waals surface area contributed by atoms with Crippen molar-refractivity contribution in [3.63, 3.8) is 0 Å². The number of hydrogen-bond donors (Lipinski definition) is 1. The second-order valence-corrected chi connectivity index (χ2v) is 4.16. The van der Waals surface area contributed by atoms with Gasteiger partial charge in [-0.15, -0.1) is 0 Å². The average Bonchev–Trinajstić information content (AvgIpc) is 2.49. The lowest BCUT2D eigenvalue weighted by Crippen LogP contribution is -2.24. The molecular formula is C14H18N4O. The lowest BCUT2D eigenvalue weighted by atomic mass is 10.1. The number of rotatable bonds is 6. The second-order valence-electron chi connectivity index (χ2n) is 4.16. The van der Waals surface area contributed by atoms with E-state index in [9.17, 15) is 0 Å². The van der Waals surface area contributed by atoms with E-state index in [1.54, 1.807) is 13.3 Å². The Balaban J connectivity index is 2.31. The van der Waals surface area contributed by atoms with E-state index >= 15 is 0 Å². The molecule has 0 saturated heterocycles. The first-order valence-corrected chi connectivity index (χ1v) is 6.34. The molecule has 2 heterocycles. The summed E-state index contributed by atoms with van der Waals surface area (Å²) in [6.45, 7) is 3.04.